The molecule has 0 radical (unpaired) electrons. The van der Waals surface area contributed by atoms with Gasteiger partial charge in [0, 0.05) is 5.39 Å². The molecule has 4 nitrogen and oxygen atoms in total. The summed E-state index contributed by atoms with van der Waals surface area (Å²) in [4.78, 5) is 16.5. The van der Waals surface area contributed by atoms with Crippen molar-refractivity contribution in [2.75, 3.05) is 18.9 Å². The topological polar surface area (TPSA) is 51.2 Å². The van der Waals surface area contributed by atoms with E-state index in [9.17, 15) is 4.79 Å². The van der Waals surface area contributed by atoms with Crippen LogP contribution in [0, 0.1) is 6.92 Å². The highest BCUT2D eigenvalue weighted by Gasteiger charge is 2.04. The largest absolute Gasteiger partial charge is 0.492 e. The van der Waals surface area contributed by atoms with E-state index in [0.717, 1.165) is 27.2 Å². The lowest BCUT2D eigenvalue weighted by Gasteiger charge is -2.08. The predicted molar refractivity (Wildman–Crippen MR) is 102 cm³/mol. The zero-order valence-electron chi connectivity index (χ0n) is 14.1. The molecule has 2 aromatic carbocycles. The van der Waals surface area contributed by atoms with Crippen LogP contribution in [0.2, 0.25) is 0 Å². The van der Waals surface area contributed by atoms with Gasteiger partial charge in [-0.05, 0) is 36.8 Å². The Labute approximate surface area is 151 Å². The van der Waals surface area contributed by atoms with Crippen LogP contribution < -0.4 is 10.1 Å². The number of pyridine rings is 1. The Bertz CT molecular complexity index is 867. The van der Waals surface area contributed by atoms with Crippen molar-refractivity contribution in [2.24, 2.45) is 0 Å². The average Bonchev–Trinajstić information content (AvgIpc) is 2.63. The fraction of sp³-hybridized carbons (Fsp3) is 0.200. The van der Waals surface area contributed by atoms with E-state index in [1.807, 2.05) is 67.6 Å². The molecule has 3 rings (SSSR count). The highest BCUT2D eigenvalue weighted by molar-refractivity contribution is 7.99. The molecule has 1 aromatic heterocycles. The molecule has 1 heterocycles. The first-order valence-electron chi connectivity index (χ1n) is 8.15. The van der Waals surface area contributed by atoms with Crippen molar-refractivity contribution in [1.29, 1.82) is 0 Å². The van der Waals surface area contributed by atoms with E-state index in [4.69, 9.17) is 4.74 Å². The molecule has 0 unspecified atom stereocenters. The summed E-state index contributed by atoms with van der Waals surface area (Å²) in [5.74, 6) is 1.15. The van der Waals surface area contributed by atoms with Gasteiger partial charge in [-0.25, -0.2) is 4.98 Å². The maximum absolute atomic E-state index is 11.9. The summed E-state index contributed by atoms with van der Waals surface area (Å²) in [6.07, 6.45) is 0. The van der Waals surface area contributed by atoms with Crippen LogP contribution >= 0.6 is 11.8 Å². The van der Waals surface area contributed by atoms with Crippen molar-refractivity contribution in [3.63, 3.8) is 0 Å². The average molecular weight is 352 g/mol. The van der Waals surface area contributed by atoms with Crippen LogP contribution in [0.1, 0.15) is 5.56 Å². The summed E-state index contributed by atoms with van der Waals surface area (Å²) < 4.78 is 5.61. The molecule has 0 aliphatic rings. The molecule has 0 atom stereocenters. The van der Waals surface area contributed by atoms with Crippen LogP contribution in [0.3, 0.4) is 0 Å². The number of carbonyl (C=O) groups is 1. The van der Waals surface area contributed by atoms with E-state index in [1.165, 1.54) is 11.8 Å². The second-order valence-electron chi connectivity index (χ2n) is 5.65. The second kappa shape index (κ2) is 8.53. The molecule has 0 bridgehead atoms. The molecule has 1 amide bonds. The molecule has 25 heavy (non-hydrogen) atoms. The SMILES string of the molecule is Cc1cccc(OCCNC(=O)CSc2ccc3ccccc3n2)c1. The third-order valence-electron chi connectivity index (χ3n) is 3.61. The summed E-state index contributed by atoms with van der Waals surface area (Å²) in [5.41, 5.74) is 2.10. The van der Waals surface area contributed by atoms with E-state index in [-0.39, 0.29) is 5.91 Å². The molecule has 128 valence electrons. The first kappa shape index (κ1) is 17.3. The molecule has 0 spiro atoms. The molecule has 0 saturated carbocycles. The second-order valence-corrected chi connectivity index (χ2v) is 6.64. The molecular formula is C20H20N2O2S. The number of fused-ring (bicyclic) bond motifs is 1. The fourth-order valence-corrected chi connectivity index (χ4v) is 3.09. The van der Waals surface area contributed by atoms with E-state index in [1.54, 1.807) is 0 Å². The maximum Gasteiger partial charge on any atom is 0.230 e. The molecular weight excluding hydrogens is 332 g/mol. The molecule has 0 aliphatic heterocycles. The van der Waals surface area contributed by atoms with Gasteiger partial charge in [0.15, 0.2) is 0 Å². The van der Waals surface area contributed by atoms with Crippen molar-refractivity contribution in [3.05, 3.63) is 66.2 Å². The molecule has 0 saturated heterocycles. The predicted octanol–water partition coefficient (Wildman–Crippen LogP) is 3.83. The lowest BCUT2D eigenvalue weighted by Crippen LogP contribution is -2.29. The number of benzene rings is 2. The van der Waals surface area contributed by atoms with Crippen molar-refractivity contribution < 1.29 is 9.53 Å². The smallest absolute Gasteiger partial charge is 0.230 e. The number of carbonyl (C=O) groups excluding carboxylic acids is 1. The zero-order chi connectivity index (χ0) is 17.5. The van der Waals surface area contributed by atoms with Crippen molar-refractivity contribution in [2.45, 2.75) is 11.9 Å². The van der Waals surface area contributed by atoms with Gasteiger partial charge in [0.2, 0.25) is 5.91 Å². The van der Waals surface area contributed by atoms with Crippen LogP contribution in [0.5, 0.6) is 5.75 Å². The van der Waals surface area contributed by atoms with Gasteiger partial charge >= 0.3 is 0 Å². The summed E-state index contributed by atoms with van der Waals surface area (Å²) in [6, 6.07) is 19.8. The van der Waals surface area contributed by atoms with Crippen LogP contribution in [-0.2, 0) is 4.79 Å². The number of para-hydroxylation sites is 1. The number of hydrogen-bond acceptors (Lipinski definition) is 4. The van der Waals surface area contributed by atoms with E-state index >= 15 is 0 Å². The minimum absolute atomic E-state index is 0.0206. The summed E-state index contributed by atoms with van der Waals surface area (Å²) >= 11 is 1.44. The van der Waals surface area contributed by atoms with Gasteiger partial charge in [-0.2, -0.15) is 0 Å². The fourth-order valence-electron chi connectivity index (χ4n) is 2.38. The number of aryl methyl sites for hydroxylation is 1. The van der Waals surface area contributed by atoms with Crippen LogP contribution in [0.25, 0.3) is 10.9 Å². The standard InChI is InChI=1S/C20H20N2O2S/c1-15-5-4-7-17(13-15)24-12-11-21-19(23)14-25-20-10-9-16-6-2-3-8-18(16)22-20/h2-10,13H,11-12,14H2,1H3,(H,21,23). The summed E-state index contributed by atoms with van der Waals surface area (Å²) in [7, 11) is 0. The van der Waals surface area contributed by atoms with Gasteiger partial charge in [0.05, 0.1) is 22.8 Å². The monoisotopic (exact) mass is 352 g/mol. The first-order chi connectivity index (χ1) is 12.2. The molecule has 5 heteroatoms. The summed E-state index contributed by atoms with van der Waals surface area (Å²) in [6.45, 7) is 2.96. The number of ether oxygens (including phenoxy) is 1. The van der Waals surface area contributed by atoms with Crippen LogP contribution in [0.15, 0.2) is 65.7 Å². The molecule has 3 aromatic rings. The third-order valence-corrected chi connectivity index (χ3v) is 4.54. The normalized spacial score (nSPS) is 10.6. The minimum Gasteiger partial charge on any atom is -0.492 e. The van der Waals surface area contributed by atoms with Crippen molar-refractivity contribution in [3.8, 4) is 5.75 Å². The van der Waals surface area contributed by atoms with Gasteiger partial charge in [0.25, 0.3) is 0 Å². The highest BCUT2D eigenvalue weighted by atomic mass is 32.2. The number of hydrogen-bond donors (Lipinski definition) is 1. The number of aromatic nitrogens is 1. The first-order valence-corrected chi connectivity index (χ1v) is 9.14. The van der Waals surface area contributed by atoms with Crippen LogP contribution in [0.4, 0.5) is 0 Å². The summed E-state index contributed by atoms with van der Waals surface area (Å²) in [5, 5.41) is 4.82. The number of rotatable bonds is 7. The molecule has 1 N–H and O–H groups in total. The van der Waals surface area contributed by atoms with Gasteiger partial charge in [-0.15, -0.1) is 0 Å². The quantitative estimate of drug-likeness (QED) is 0.519. The number of nitrogens with zero attached hydrogens (tertiary/aromatic N) is 1. The van der Waals surface area contributed by atoms with Gasteiger partial charge in [0.1, 0.15) is 12.4 Å². The van der Waals surface area contributed by atoms with Gasteiger partial charge < -0.3 is 10.1 Å². The Kier molecular flexibility index (Phi) is 5.90. The Morgan fingerprint density at radius 3 is 2.88 bits per heavy atom. The van der Waals surface area contributed by atoms with Gasteiger partial charge in [-0.1, -0.05) is 48.2 Å². The Hall–Kier alpha value is -2.53. The Morgan fingerprint density at radius 1 is 1.12 bits per heavy atom. The minimum atomic E-state index is -0.0206. The third kappa shape index (κ3) is 5.22. The Balaban J connectivity index is 1.40. The lowest BCUT2D eigenvalue weighted by molar-refractivity contribution is -0.118. The highest BCUT2D eigenvalue weighted by Crippen LogP contribution is 2.19. The molecule has 0 fully saturated rings. The Morgan fingerprint density at radius 2 is 2.00 bits per heavy atom. The van der Waals surface area contributed by atoms with E-state index < -0.39 is 0 Å². The maximum atomic E-state index is 11.9. The number of thioether (sulfide) groups is 1. The van der Waals surface area contributed by atoms with Crippen LogP contribution in [-0.4, -0.2) is 29.8 Å². The molecule has 0 aliphatic carbocycles. The van der Waals surface area contributed by atoms with E-state index in [2.05, 4.69) is 10.3 Å². The zero-order valence-corrected chi connectivity index (χ0v) is 14.9. The van der Waals surface area contributed by atoms with Crippen molar-refractivity contribution in [1.82, 2.24) is 10.3 Å². The van der Waals surface area contributed by atoms with Gasteiger partial charge in [-0.3, -0.25) is 4.79 Å². The van der Waals surface area contributed by atoms with E-state index in [0.29, 0.717) is 18.9 Å². The lowest BCUT2D eigenvalue weighted by atomic mass is 10.2. The van der Waals surface area contributed by atoms with Crippen molar-refractivity contribution >= 4 is 28.6 Å². The number of nitrogens with one attached hydrogen (secondary N) is 1. The number of amides is 1.